The fourth-order valence-corrected chi connectivity index (χ4v) is 1.21. The second kappa shape index (κ2) is 4.67. The van der Waals surface area contributed by atoms with Crippen LogP contribution in [0.1, 0.15) is 16.2 Å². The van der Waals surface area contributed by atoms with Gasteiger partial charge in [-0.05, 0) is 0 Å². The first-order valence-corrected chi connectivity index (χ1v) is 4.95. The van der Waals surface area contributed by atoms with Crippen LogP contribution in [0.3, 0.4) is 0 Å². The van der Waals surface area contributed by atoms with Gasteiger partial charge in [0.15, 0.2) is 5.69 Å². The molecule has 100 valence electrons. The molecule has 0 unspecified atom stereocenters. The molecule has 0 amide bonds. The van der Waals surface area contributed by atoms with Crippen LogP contribution in [0.2, 0.25) is 0 Å². The molecule has 0 N–H and O–H groups in total. The summed E-state index contributed by atoms with van der Waals surface area (Å²) >= 11 is 0. The third-order valence-electron chi connectivity index (χ3n) is 2.14. The van der Waals surface area contributed by atoms with Crippen LogP contribution >= 0.6 is 0 Å². The van der Waals surface area contributed by atoms with Crippen molar-refractivity contribution in [3.05, 3.63) is 36.3 Å². The monoisotopic (exact) mass is 272 g/mol. The van der Waals surface area contributed by atoms with Gasteiger partial charge in [0.05, 0.1) is 12.5 Å². The molecule has 2 heterocycles. The number of rotatable bonds is 2. The van der Waals surface area contributed by atoms with Crippen molar-refractivity contribution in [2.75, 3.05) is 0 Å². The number of esters is 1. The van der Waals surface area contributed by atoms with E-state index in [-0.39, 0.29) is 5.88 Å². The summed E-state index contributed by atoms with van der Waals surface area (Å²) in [6, 6.07) is 0.526. The highest BCUT2D eigenvalue weighted by Gasteiger charge is 2.33. The Morgan fingerprint density at radius 2 is 2.11 bits per heavy atom. The lowest BCUT2D eigenvalue weighted by Gasteiger charge is -2.07. The highest BCUT2D eigenvalue weighted by Crippen LogP contribution is 2.27. The molecular weight excluding hydrogens is 265 g/mol. The number of halogens is 3. The molecular formula is C10H7F3N4O2. The Balaban J connectivity index is 2.23. The fourth-order valence-electron chi connectivity index (χ4n) is 1.21. The van der Waals surface area contributed by atoms with Crippen LogP contribution in [0.25, 0.3) is 0 Å². The van der Waals surface area contributed by atoms with Crippen LogP contribution in [-0.2, 0) is 13.2 Å². The predicted octanol–water partition coefficient (Wildman–Crippen LogP) is 1.45. The van der Waals surface area contributed by atoms with Crippen LogP contribution in [0.15, 0.2) is 24.9 Å². The van der Waals surface area contributed by atoms with Gasteiger partial charge in [0.25, 0.3) is 0 Å². The molecule has 0 aliphatic carbocycles. The van der Waals surface area contributed by atoms with Crippen molar-refractivity contribution in [3.8, 4) is 5.88 Å². The SMILES string of the molecule is Cn1cncc1OC(=O)c1cc(C(F)(F)F)ncn1. The van der Waals surface area contributed by atoms with Crippen molar-refractivity contribution < 1.29 is 22.7 Å². The van der Waals surface area contributed by atoms with E-state index in [9.17, 15) is 18.0 Å². The molecule has 2 aromatic rings. The number of aromatic nitrogens is 4. The zero-order valence-electron chi connectivity index (χ0n) is 9.55. The van der Waals surface area contributed by atoms with Crippen LogP contribution in [-0.4, -0.2) is 25.5 Å². The van der Waals surface area contributed by atoms with E-state index in [2.05, 4.69) is 15.0 Å². The first kappa shape index (κ1) is 13.0. The Morgan fingerprint density at radius 3 is 2.68 bits per heavy atom. The van der Waals surface area contributed by atoms with Crippen molar-refractivity contribution in [3.63, 3.8) is 0 Å². The van der Waals surface area contributed by atoms with Crippen LogP contribution in [0, 0.1) is 0 Å². The van der Waals surface area contributed by atoms with Crippen molar-refractivity contribution in [2.24, 2.45) is 7.05 Å². The lowest BCUT2D eigenvalue weighted by Crippen LogP contribution is -2.15. The molecule has 0 saturated heterocycles. The smallest absolute Gasteiger partial charge is 0.403 e. The lowest BCUT2D eigenvalue weighted by molar-refractivity contribution is -0.141. The maximum atomic E-state index is 12.4. The van der Waals surface area contributed by atoms with Gasteiger partial charge in [-0.25, -0.2) is 19.7 Å². The molecule has 0 fully saturated rings. The van der Waals surface area contributed by atoms with Gasteiger partial charge in [0.2, 0.25) is 5.88 Å². The maximum Gasteiger partial charge on any atom is 0.433 e. The number of alkyl halides is 3. The van der Waals surface area contributed by atoms with Crippen LogP contribution < -0.4 is 4.74 Å². The van der Waals surface area contributed by atoms with Crippen LogP contribution in [0.4, 0.5) is 13.2 Å². The van der Waals surface area contributed by atoms with Gasteiger partial charge in [0, 0.05) is 13.1 Å². The van der Waals surface area contributed by atoms with Crippen molar-refractivity contribution in [2.45, 2.75) is 6.18 Å². The number of aryl methyl sites for hydroxylation is 1. The van der Waals surface area contributed by atoms with E-state index in [1.165, 1.54) is 17.1 Å². The molecule has 2 aromatic heterocycles. The summed E-state index contributed by atoms with van der Waals surface area (Å²) in [7, 11) is 1.57. The summed E-state index contributed by atoms with van der Waals surface area (Å²) in [5.41, 5.74) is -1.69. The number of imidazole rings is 1. The number of hydrogen-bond donors (Lipinski definition) is 0. The van der Waals surface area contributed by atoms with Crippen molar-refractivity contribution in [1.82, 2.24) is 19.5 Å². The summed E-state index contributed by atoms with van der Waals surface area (Å²) in [6.45, 7) is 0. The first-order valence-electron chi connectivity index (χ1n) is 4.95. The lowest BCUT2D eigenvalue weighted by atomic mass is 10.3. The minimum atomic E-state index is -4.65. The fraction of sp³-hybridized carbons (Fsp3) is 0.200. The minimum Gasteiger partial charge on any atom is -0.403 e. The predicted molar refractivity (Wildman–Crippen MR) is 55.2 cm³/mol. The van der Waals surface area contributed by atoms with Crippen molar-refractivity contribution in [1.29, 1.82) is 0 Å². The average molecular weight is 272 g/mol. The quantitative estimate of drug-likeness (QED) is 0.774. The molecule has 2 rings (SSSR count). The van der Waals surface area contributed by atoms with Gasteiger partial charge in [0.1, 0.15) is 12.0 Å². The second-order valence-corrected chi connectivity index (χ2v) is 3.52. The summed E-state index contributed by atoms with van der Waals surface area (Å²) in [5, 5.41) is 0. The standard InChI is InChI=1S/C10H7F3N4O2/c1-17-5-14-3-8(17)19-9(18)6-2-7(10(11,12)13)16-4-15-6/h2-5H,1H3. The molecule has 0 spiro atoms. The van der Waals surface area contributed by atoms with E-state index in [0.717, 1.165) is 0 Å². The van der Waals surface area contributed by atoms with Crippen molar-refractivity contribution >= 4 is 5.97 Å². The number of hydrogen-bond acceptors (Lipinski definition) is 5. The summed E-state index contributed by atoms with van der Waals surface area (Å²) in [5.74, 6) is -0.923. The van der Waals surface area contributed by atoms with E-state index >= 15 is 0 Å². The van der Waals surface area contributed by atoms with Gasteiger partial charge < -0.3 is 9.30 Å². The zero-order chi connectivity index (χ0) is 14.0. The Morgan fingerprint density at radius 1 is 1.37 bits per heavy atom. The van der Waals surface area contributed by atoms with E-state index in [1.54, 1.807) is 7.05 Å². The molecule has 6 nitrogen and oxygen atoms in total. The molecule has 0 aliphatic heterocycles. The molecule has 0 aromatic carbocycles. The van der Waals surface area contributed by atoms with Gasteiger partial charge in [-0.2, -0.15) is 13.2 Å². The number of carbonyl (C=O) groups excluding carboxylic acids is 1. The molecule has 0 saturated carbocycles. The van der Waals surface area contributed by atoms with Gasteiger partial charge >= 0.3 is 12.1 Å². The van der Waals surface area contributed by atoms with Gasteiger partial charge in [-0.3, -0.25) is 0 Å². The number of ether oxygens (including phenoxy) is 1. The highest BCUT2D eigenvalue weighted by molar-refractivity contribution is 5.88. The Hall–Kier alpha value is -2.45. The first-order chi connectivity index (χ1) is 8.88. The topological polar surface area (TPSA) is 69.9 Å². The largest absolute Gasteiger partial charge is 0.433 e. The van der Waals surface area contributed by atoms with E-state index < -0.39 is 23.5 Å². The minimum absolute atomic E-state index is 0.0946. The summed E-state index contributed by atoms with van der Waals surface area (Å²) in [6.07, 6.45) is -1.36. The van der Waals surface area contributed by atoms with E-state index in [1.807, 2.05) is 0 Å². The van der Waals surface area contributed by atoms with E-state index in [4.69, 9.17) is 4.74 Å². The summed E-state index contributed by atoms with van der Waals surface area (Å²) in [4.78, 5) is 21.8. The molecule has 0 aliphatic rings. The third-order valence-corrected chi connectivity index (χ3v) is 2.14. The number of nitrogens with zero attached hydrogens (tertiary/aromatic N) is 4. The average Bonchev–Trinajstić information content (AvgIpc) is 2.74. The van der Waals surface area contributed by atoms with Gasteiger partial charge in [-0.1, -0.05) is 0 Å². The zero-order valence-corrected chi connectivity index (χ0v) is 9.55. The third kappa shape index (κ3) is 2.87. The normalized spacial score (nSPS) is 11.4. The van der Waals surface area contributed by atoms with E-state index in [0.29, 0.717) is 12.4 Å². The van der Waals surface area contributed by atoms with Gasteiger partial charge in [-0.15, -0.1) is 0 Å². The number of carbonyl (C=O) groups is 1. The Kier molecular flexibility index (Phi) is 3.19. The molecule has 0 radical (unpaired) electrons. The molecule has 19 heavy (non-hydrogen) atoms. The highest BCUT2D eigenvalue weighted by atomic mass is 19.4. The van der Waals surface area contributed by atoms with Crippen LogP contribution in [0.5, 0.6) is 5.88 Å². The Labute approximate surface area is 104 Å². The molecule has 9 heteroatoms. The Bertz CT molecular complexity index is 609. The summed E-state index contributed by atoms with van der Waals surface area (Å²) < 4.78 is 43.5. The molecule has 0 atom stereocenters. The second-order valence-electron chi connectivity index (χ2n) is 3.52. The maximum absolute atomic E-state index is 12.4. The molecule has 0 bridgehead atoms.